The van der Waals surface area contributed by atoms with Gasteiger partial charge in [0.05, 0.1) is 11.8 Å². The summed E-state index contributed by atoms with van der Waals surface area (Å²) >= 11 is 0. The first kappa shape index (κ1) is 11.8. The molecule has 1 aromatic heterocycles. The molecule has 2 aromatic rings. The minimum absolute atomic E-state index is 0.0393. The van der Waals surface area contributed by atoms with E-state index < -0.39 is 5.82 Å². The molecule has 0 unspecified atom stereocenters. The van der Waals surface area contributed by atoms with E-state index in [0.29, 0.717) is 5.56 Å². The van der Waals surface area contributed by atoms with Crippen LogP contribution in [0.25, 0.3) is 0 Å². The van der Waals surface area contributed by atoms with Gasteiger partial charge in [-0.25, -0.2) is 4.39 Å². The number of halogens is 1. The van der Waals surface area contributed by atoms with Crippen molar-refractivity contribution in [3.63, 3.8) is 0 Å². The lowest BCUT2D eigenvalue weighted by molar-refractivity contribution is 0.318. The van der Waals surface area contributed by atoms with Crippen LogP contribution in [0.2, 0.25) is 0 Å². The first-order valence-electron chi connectivity index (χ1n) is 5.06. The highest BCUT2D eigenvalue weighted by Gasteiger charge is 2.11. The standard InChI is InChI=1S/C12H10FN3O2/c13-9-3-1-2-4-10(9)18-11-7-15-6-5-8(11)12(14)16-17/h1-7,17H,(H2,14,16). The van der Waals surface area contributed by atoms with Crippen LogP contribution in [0.15, 0.2) is 47.9 Å². The monoisotopic (exact) mass is 247 g/mol. The molecule has 92 valence electrons. The first-order valence-corrected chi connectivity index (χ1v) is 5.06. The van der Waals surface area contributed by atoms with Crippen molar-refractivity contribution in [2.24, 2.45) is 10.9 Å². The van der Waals surface area contributed by atoms with Crippen LogP contribution in [0.1, 0.15) is 5.56 Å². The second-order valence-corrected chi connectivity index (χ2v) is 3.39. The van der Waals surface area contributed by atoms with Gasteiger partial charge < -0.3 is 15.7 Å². The predicted molar refractivity (Wildman–Crippen MR) is 63.2 cm³/mol. The summed E-state index contributed by atoms with van der Waals surface area (Å²) in [5, 5.41) is 11.5. The van der Waals surface area contributed by atoms with Crippen LogP contribution < -0.4 is 10.5 Å². The molecule has 0 spiro atoms. The van der Waals surface area contributed by atoms with Crippen molar-refractivity contribution >= 4 is 5.84 Å². The zero-order chi connectivity index (χ0) is 13.0. The van der Waals surface area contributed by atoms with E-state index in [2.05, 4.69) is 10.1 Å². The molecule has 0 saturated heterocycles. The van der Waals surface area contributed by atoms with Crippen LogP contribution in [-0.2, 0) is 0 Å². The molecule has 0 fully saturated rings. The minimum Gasteiger partial charge on any atom is -0.452 e. The Labute approximate surface area is 102 Å². The fraction of sp³-hybridized carbons (Fsp3) is 0. The molecular weight excluding hydrogens is 237 g/mol. The van der Waals surface area contributed by atoms with E-state index in [1.54, 1.807) is 12.1 Å². The van der Waals surface area contributed by atoms with Gasteiger partial charge in [0.25, 0.3) is 0 Å². The van der Waals surface area contributed by atoms with E-state index in [0.717, 1.165) is 0 Å². The van der Waals surface area contributed by atoms with Crippen LogP contribution in [0.5, 0.6) is 11.5 Å². The molecular formula is C12H10FN3O2. The third-order valence-corrected chi connectivity index (χ3v) is 2.22. The van der Waals surface area contributed by atoms with Gasteiger partial charge in [0, 0.05) is 6.20 Å². The number of rotatable bonds is 3. The third-order valence-electron chi connectivity index (χ3n) is 2.22. The Morgan fingerprint density at radius 3 is 2.78 bits per heavy atom. The van der Waals surface area contributed by atoms with Crippen LogP contribution >= 0.6 is 0 Å². The summed E-state index contributed by atoms with van der Waals surface area (Å²) in [7, 11) is 0. The maximum Gasteiger partial charge on any atom is 0.173 e. The topological polar surface area (TPSA) is 80.7 Å². The van der Waals surface area contributed by atoms with Gasteiger partial charge in [-0.15, -0.1) is 0 Å². The van der Waals surface area contributed by atoms with Gasteiger partial charge in [-0.3, -0.25) is 4.98 Å². The number of nitrogens with two attached hydrogens (primary N) is 1. The number of pyridine rings is 1. The Hall–Kier alpha value is -2.63. The van der Waals surface area contributed by atoms with Crippen molar-refractivity contribution in [3.05, 3.63) is 54.1 Å². The van der Waals surface area contributed by atoms with E-state index in [9.17, 15) is 4.39 Å². The number of nitrogens with zero attached hydrogens (tertiary/aromatic N) is 2. The van der Waals surface area contributed by atoms with E-state index in [4.69, 9.17) is 15.7 Å². The van der Waals surface area contributed by atoms with Crippen molar-refractivity contribution in [2.75, 3.05) is 0 Å². The van der Waals surface area contributed by atoms with Crippen LogP contribution in [0.4, 0.5) is 4.39 Å². The molecule has 0 radical (unpaired) electrons. The summed E-state index contributed by atoms with van der Waals surface area (Å²) in [6, 6.07) is 7.44. The van der Waals surface area contributed by atoms with Gasteiger partial charge in [-0.2, -0.15) is 0 Å². The quantitative estimate of drug-likeness (QED) is 0.376. The predicted octanol–water partition coefficient (Wildman–Crippen LogP) is 2.11. The van der Waals surface area contributed by atoms with Crippen molar-refractivity contribution in [2.45, 2.75) is 0 Å². The molecule has 0 saturated carbocycles. The Balaban J connectivity index is 2.38. The molecule has 5 nitrogen and oxygen atoms in total. The average Bonchev–Trinajstić information content (AvgIpc) is 2.41. The van der Waals surface area contributed by atoms with Crippen molar-refractivity contribution in [3.8, 4) is 11.5 Å². The van der Waals surface area contributed by atoms with Gasteiger partial charge in [0.1, 0.15) is 0 Å². The van der Waals surface area contributed by atoms with Gasteiger partial charge in [-0.05, 0) is 18.2 Å². The SMILES string of the molecule is N/C(=N/O)c1ccncc1Oc1ccccc1F. The number of ether oxygens (including phenoxy) is 1. The van der Waals surface area contributed by atoms with Crippen LogP contribution in [0, 0.1) is 5.82 Å². The third kappa shape index (κ3) is 2.37. The summed E-state index contributed by atoms with van der Waals surface area (Å²) in [6.45, 7) is 0. The lowest BCUT2D eigenvalue weighted by Gasteiger charge is -2.09. The number of aromatic nitrogens is 1. The van der Waals surface area contributed by atoms with Crippen molar-refractivity contribution in [1.82, 2.24) is 4.98 Å². The highest BCUT2D eigenvalue weighted by Crippen LogP contribution is 2.26. The molecule has 0 aliphatic carbocycles. The summed E-state index contributed by atoms with van der Waals surface area (Å²) in [5.41, 5.74) is 5.81. The molecule has 3 N–H and O–H groups in total. The molecule has 0 amide bonds. The highest BCUT2D eigenvalue weighted by molar-refractivity contribution is 5.99. The summed E-state index contributed by atoms with van der Waals surface area (Å²) in [6.07, 6.45) is 2.82. The maximum absolute atomic E-state index is 13.4. The lowest BCUT2D eigenvalue weighted by Crippen LogP contribution is -2.14. The average molecular weight is 247 g/mol. The van der Waals surface area contributed by atoms with Crippen molar-refractivity contribution in [1.29, 1.82) is 0 Å². The molecule has 0 atom stereocenters. The zero-order valence-corrected chi connectivity index (χ0v) is 9.25. The van der Waals surface area contributed by atoms with E-state index in [-0.39, 0.29) is 17.3 Å². The van der Waals surface area contributed by atoms with E-state index >= 15 is 0 Å². The molecule has 1 heterocycles. The smallest absolute Gasteiger partial charge is 0.173 e. The summed E-state index contributed by atoms with van der Waals surface area (Å²) in [5.74, 6) is -0.397. The van der Waals surface area contributed by atoms with Gasteiger partial charge in [0.15, 0.2) is 23.2 Å². The number of oxime groups is 1. The Kier molecular flexibility index (Phi) is 3.38. The Bertz CT molecular complexity index is 587. The zero-order valence-electron chi connectivity index (χ0n) is 9.25. The highest BCUT2D eigenvalue weighted by atomic mass is 19.1. The van der Waals surface area contributed by atoms with Crippen molar-refractivity contribution < 1.29 is 14.3 Å². The normalized spacial score (nSPS) is 11.3. The molecule has 18 heavy (non-hydrogen) atoms. The van der Waals surface area contributed by atoms with Gasteiger partial charge in [-0.1, -0.05) is 17.3 Å². The minimum atomic E-state index is -0.508. The molecule has 0 aliphatic heterocycles. The summed E-state index contributed by atoms with van der Waals surface area (Å²) < 4.78 is 18.8. The Morgan fingerprint density at radius 2 is 2.06 bits per heavy atom. The van der Waals surface area contributed by atoms with Crippen LogP contribution in [-0.4, -0.2) is 16.0 Å². The lowest BCUT2D eigenvalue weighted by atomic mass is 10.2. The van der Waals surface area contributed by atoms with Gasteiger partial charge in [0.2, 0.25) is 0 Å². The van der Waals surface area contributed by atoms with E-state index in [1.807, 2.05) is 0 Å². The fourth-order valence-corrected chi connectivity index (χ4v) is 1.37. The maximum atomic E-state index is 13.4. The number of benzene rings is 1. The first-order chi connectivity index (χ1) is 8.72. The van der Waals surface area contributed by atoms with Gasteiger partial charge >= 0.3 is 0 Å². The number of hydrogen-bond acceptors (Lipinski definition) is 4. The molecule has 6 heteroatoms. The van der Waals surface area contributed by atoms with E-state index in [1.165, 1.54) is 30.6 Å². The number of para-hydroxylation sites is 1. The molecule has 2 rings (SSSR count). The molecule has 0 aliphatic rings. The van der Waals surface area contributed by atoms with Crippen LogP contribution in [0.3, 0.4) is 0 Å². The molecule has 1 aromatic carbocycles. The largest absolute Gasteiger partial charge is 0.452 e. The second-order valence-electron chi connectivity index (χ2n) is 3.39. The second kappa shape index (κ2) is 5.13. The summed E-state index contributed by atoms with van der Waals surface area (Å²) in [4.78, 5) is 3.85. The number of hydrogen-bond donors (Lipinski definition) is 2. The molecule has 0 bridgehead atoms. The Morgan fingerprint density at radius 1 is 1.28 bits per heavy atom. The fourth-order valence-electron chi connectivity index (χ4n) is 1.37. The number of amidine groups is 1.